The molecule has 2 aliphatic rings. The molecule has 2 aliphatic heterocycles. The number of methoxy groups -OCH3 is 2. The Bertz CT molecular complexity index is 605. The van der Waals surface area contributed by atoms with Crippen molar-refractivity contribution in [1.82, 2.24) is 15.1 Å². The third kappa shape index (κ3) is 3.45. The quantitative estimate of drug-likeness (QED) is 0.888. The van der Waals surface area contributed by atoms with E-state index in [4.69, 9.17) is 21.1 Å². The molecule has 1 unspecified atom stereocenters. The zero-order valence-electron chi connectivity index (χ0n) is 14.2. The van der Waals surface area contributed by atoms with Crippen LogP contribution in [0.3, 0.4) is 0 Å². The van der Waals surface area contributed by atoms with E-state index in [1.165, 1.54) is 0 Å². The highest BCUT2D eigenvalue weighted by atomic mass is 35.5. The van der Waals surface area contributed by atoms with Gasteiger partial charge in [-0.05, 0) is 12.5 Å². The number of carbonyl (C=O) groups excluding carboxylic acids is 1. The number of hydrogen-bond acceptors (Lipinski definition) is 5. The van der Waals surface area contributed by atoms with Crippen LogP contribution in [0.5, 0.6) is 11.5 Å². The topological polar surface area (TPSA) is 54.0 Å². The summed E-state index contributed by atoms with van der Waals surface area (Å²) in [5.41, 5.74) is 0.468. The van der Waals surface area contributed by atoms with Gasteiger partial charge in [0.05, 0.1) is 24.8 Å². The lowest BCUT2D eigenvalue weighted by Crippen LogP contribution is -2.49. The van der Waals surface area contributed by atoms with Crippen molar-refractivity contribution >= 4 is 17.5 Å². The molecule has 6 nitrogen and oxygen atoms in total. The number of halogens is 1. The number of benzene rings is 1. The van der Waals surface area contributed by atoms with E-state index < -0.39 is 0 Å². The van der Waals surface area contributed by atoms with Gasteiger partial charge in [-0.3, -0.25) is 9.69 Å². The van der Waals surface area contributed by atoms with Crippen LogP contribution in [0, 0.1) is 0 Å². The molecule has 0 spiro atoms. The molecule has 3 rings (SSSR count). The van der Waals surface area contributed by atoms with E-state index in [0.717, 1.165) is 45.7 Å². The average molecular weight is 354 g/mol. The first-order chi connectivity index (χ1) is 11.6. The van der Waals surface area contributed by atoms with Crippen molar-refractivity contribution < 1.29 is 14.3 Å². The molecule has 0 aliphatic carbocycles. The van der Waals surface area contributed by atoms with Crippen molar-refractivity contribution in [2.24, 2.45) is 0 Å². The Morgan fingerprint density at radius 3 is 2.50 bits per heavy atom. The van der Waals surface area contributed by atoms with Gasteiger partial charge in [0, 0.05) is 51.4 Å². The van der Waals surface area contributed by atoms with Crippen molar-refractivity contribution in [3.05, 3.63) is 22.7 Å². The number of nitrogens with one attached hydrogen (secondary N) is 1. The number of piperazine rings is 1. The number of carbonyl (C=O) groups is 1. The molecule has 2 heterocycles. The third-order valence-electron chi connectivity index (χ3n) is 4.82. The lowest BCUT2D eigenvalue weighted by Gasteiger charge is -2.32. The molecular weight excluding hydrogens is 330 g/mol. The van der Waals surface area contributed by atoms with E-state index in [1.54, 1.807) is 26.4 Å². The molecule has 0 aromatic heterocycles. The summed E-state index contributed by atoms with van der Waals surface area (Å²) in [5.74, 6) is 1.00. The largest absolute Gasteiger partial charge is 0.493 e. The Hall–Kier alpha value is -1.50. The van der Waals surface area contributed by atoms with Crippen LogP contribution in [0.2, 0.25) is 5.02 Å². The van der Waals surface area contributed by atoms with Crippen molar-refractivity contribution in [3.8, 4) is 11.5 Å². The first kappa shape index (κ1) is 17.3. The summed E-state index contributed by atoms with van der Waals surface area (Å²) >= 11 is 6.29. The van der Waals surface area contributed by atoms with Crippen LogP contribution in [0.25, 0.3) is 0 Å². The second kappa shape index (κ2) is 7.59. The standard InChI is InChI=1S/C17H24ClN3O3/c1-23-15-9-13(14(18)10-16(15)24-2)17(22)21-6-3-12(11-21)20-7-4-19-5-8-20/h9-10,12,19H,3-8,11H2,1-2H3. The summed E-state index contributed by atoms with van der Waals surface area (Å²) < 4.78 is 10.5. The fourth-order valence-electron chi connectivity index (χ4n) is 3.46. The Morgan fingerprint density at radius 1 is 1.17 bits per heavy atom. The number of ether oxygens (including phenoxy) is 2. The molecule has 2 saturated heterocycles. The van der Waals surface area contributed by atoms with E-state index in [9.17, 15) is 4.79 Å². The average Bonchev–Trinajstić information content (AvgIpc) is 3.11. The molecule has 0 saturated carbocycles. The molecule has 1 atom stereocenters. The number of hydrogen-bond donors (Lipinski definition) is 1. The molecule has 1 aromatic rings. The van der Waals surface area contributed by atoms with Gasteiger partial charge in [0.1, 0.15) is 0 Å². The zero-order valence-corrected chi connectivity index (χ0v) is 14.9. The predicted octanol–water partition coefficient (Wildman–Crippen LogP) is 1.48. The Balaban J connectivity index is 1.73. The molecule has 7 heteroatoms. The van der Waals surface area contributed by atoms with Crippen LogP contribution in [0.15, 0.2) is 12.1 Å². The van der Waals surface area contributed by atoms with E-state index in [1.807, 2.05) is 4.90 Å². The second-order valence-corrected chi connectivity index (χ2v) is 6.57. The van der Waals surface area contributed by atoms with Gasteiger partial charge in [0.15, 0.2) is 11.5 Å². The van der Waals surface area contributed by atoms with Crippen molar-refractivity contribution in [2.45, 2.75) is 12.5 Å². The molecule has 0 bridgehead atoms. The monoisotopic (exact) mass is 353 g/mol. The molecule has 2 fully saturated rings. The Morgan fingerprint density at radius 2 is 1.83 bits per heavy atom. The highest BCUT2D eigenvalue weighted by molar-refractivity contribution is 6.34. The van der Waals surface area contributed by atoms with Gasteiger partial charge in [0.2, 0.25) is 0 Å². The molecule has 132 valence electrons. The van der Waals surface area contributed by atoms with Crippen molar-refractivity contribution in [3.63, 3.8) is 0 Å². The minimum Gasteiger partial charge on any atom is -0.493 e. The molecular formula is C17H24ClN3O3. The van der Waals surface area contributed by atoms with Gasteiger partial charge >= 0.3 is 0 Å². The summed E-state index contributed by atoms with van der Waals surface area (Å²) in [7, 11) is 3.10. The fourth-order valence-corrected chi connectivity index (χ4v) is 3.69. The van der Waals surface area contributed by atoms with Crippen LogP contribution in [0.4, 0.5) is 0 Å². The van der Waals surface area contributed by atoms with Gasteiger partial charge in [0.25, 0.3) is 5.91 Å². The Labute approximate surface area is 147 Å². The normalized spacial score (nSPS) is 21.8. The minimum atomic E-state index is -0.0430. The number of amides is 1. The summed E-state index contributed by atoms with van der Waals surface area (Å²) in [6.45, 7) is 5.65. The summed E-state index contributed by atoms with van der Waals surface area (Å²) in [4.78, 5) is 17.2. The van der Waals surface area contributed by atoms with E-state index in [0.29, 0.717) is 28.1 Å². The van der Waals surface area contributed by atoms with E-state index >= 15 is 0 Å². The van der Waals surface area contributed by atoms with Crippen LogP contribution >= 0.6 is 11.6 Å². The highest BCUT2D eigenvalue weighted by Crippen LogP contribution is 2.34. The van der Waals surface area contributed by atoms with Crippen LogP contribution in [-0.4, -0.2) is 75.2 Å². The maximum Gasteiger partial charge on any atom is 0.255 e. The van der Waals surface area contributed by atoms with E-state index in [-0.39, 0.29) is 5.91 Å². The highest BCUT2D eigenvalue weighted by Gasteiger charge is 2.32. The van der Waals surface area contributed by atoms with Gasteiger partial charge < -0.3 is 19.7 Å². The van der Waals surface area contributed by atoms with Gasteiger partial charge in [-0.15, -0.1) is 0 Å². The summed E-state index contributed by atoms with van der Waals surface area (Å²) in [6.07, 6.45) is 1.01. The van der Waals surface area contributed by atoms with Crippen LogP contribution < -0.4 is 14.8 Å². The fraction of sp³-hybridized carbons (Fsp3) is 0.588. The second-order valence-electron chi connectivity index (χ2n) is 6.17. The van der Waals surface area contributed by atoms with Crippen LogP contribution in [0.1, 0.15) is 16.8 Å². The lowest BCUT2D eigenvalue weighted by atomic mass is 10.1. The van der Waals surface area contributed by atoms with Crippen molar-refractivity contribution in [2.75, 3.05) is 53.5 Å². The minimum absolute atomic E-state index is 0.0430. The first-order valence-corrected chi connectivity index (χ1v) is 8.67. The maximum atomic E-state index is 12.9. The molecule has 24 heavy (non-hydrogen) atoms. The lowest BCUT2D eigenvalue weighted by molar-refractivity contribution is 0.0773. The third-order valence-corrected chi connectivity index (χ3v) is 5.13. The number of nitrogens with zero attached hydrogens (tertiary/aromatic N) is 2. The van der Waals surface area contributed by atoms with E-state index in [2.05, 4.69) is 10.2 Å². The predicted molar refractivity (Wildman–Crippen MR) is 93.3 cm³/mol. The summed E-state index contributed by atoms with van der Waals surface area (Å²) in [5, 5.41) is 3.76. The molecule has 1 amide bonds. The number of likely N-dealkylation sites (tertiary alicyclic amines) is 1. The SMILES string of the molecule is COc1cc(Cl)c(C(=O)N2CCC(N3CCNCC3)C2)cc1OC. The number of rotatable bonds is 4. The molecule has 1 aromatic carbocycles. The summed E-state index contributed by atoms with van der Waals surface area (Å²) in [6, 6.07) is 3.74. The first-order valence-electron chi connectivity index (χ1n) is 8.29. The van der Waals surface area contributed by atoms with Gasteiger partial charge in [-0.25, -0.2) is 0 Å². The smallest absolute Gasteiger partial charge is 0.255 e. The van der Waals surface area contributed by atoms with Crippen molar-refractivity contribution in [1.29, 1.82) is 0 Å². The maximum absolute atomic E-state index is 12.9. The van der Waals surface area contributed by atoms with Crippen LogP contribution in [-0.2, 0) is 0 Å². The Kier molecular flexibility index (Phi) is 5.48. The van der Waals surface area contributed by atoms with Gasteiger partial charge in [-0.2, -0.15) is 0 Å². The zero-order chi connectivity index (χ0) is 17.1. The van der Waals surface area contributed by atoms with Gasteiger partial charge in [-0.1, -0.05) is 11.6 Å². The molecule has 0 radical (unpaired) electrons. The molecule has 1 N–H and O–H groups in total.